The highest BCUT2D eigenvalue weighted by Gasteiger charge is 2.21. The Hall–Kier alpha value is -1.92. The molecule has 18 heavy (non-hydrogen) atoms. The maximum atomic E-state index is 12.7. The van der Waals surface area contributed by atoms with E-state index in [1.54, 1.807) is 6.92 Å². The molecule has 0 spiro atoms. The van der Waals surface area contributed by atoms with Gasteiger partial charge in [-0.3, -0.25) is 4.79 Å². The number of hydrogen-bond donors (Lipinski definition) is 1. The molecule has 0 atom stereocenters. The molecule has 0 fully saturated rings. The summed E-state index contributed by atoms with van der Waals surface area (Å²) in [6.07, 6.45) is -2.93. The van der Waals surface area contributed by atoms with E-state index in [0.717, 1.165) is 0 Å². The third kappa shape index (κ3) is 3.28. The van der Waals surface area contributed by atoms with Crippen molar-refractivity contribution in [3.63, 3.8) is 0 Å². The second-order valence-electron chi connectivity index (χ2n) is 3.41. The van der Waals surface area contributed by atoms with Gasteiger partial charge in [0.25, 0.3) is 6.43 Å². The fourth-order valence-corrected chi connectivity index (χ4v) is 1.43. The highest BCUT2D eigenvalue weighted by molar-refractivity contribution is 5.72. The predicted octanol–water partition coefficient (Wildman–Crippen LogP) is 1.72. The third-order valence-corrected chi connectivity index (χ3v) is 2.15. The molecule has 0 radical (unpaired) electrons. The number of carbonyl (C=O) groups is 1. The van der Waals surface area contributed by atoms with Crippen LogP contribution < -0.4 is 10.5 Å². The van der Waals surface area contributed by atoms with E-state index >= 15 is 0 Å². The van der Waals surface area contributed by atoms with Gasteiger partial charge in [-0.2, -0.15) is 0 Å². The second kappa shape index (κ2) is 6.13. The van der Waals surface area contributed by atoms with E-state index in [9.17, 15) is 13.6 Å². The molecule has 1 aromatic rings. The first-order valence-corrected chi connectivity index (χ1v) is 5.26. The van der Waals surface area contributed by atoms with Crippen LogP contribution in [-0.4, -0.2) is 24.7 Å². The van der Waals surface area contributed by atoms with Crippen molar-refractivity contribution in [3.05, 3.63) is 17.3 Å². The summed E-state index contributed by atoms with van der Waals surface area (Å²) in [6.45, 7) is 1.90. The van der Waals surface area contributed by atoms with Crippen LogP contribution in [0, 0.1) is 0 Å². The number of pyridine rings is 1. The third-order valence-electron chi connectivity index (χ3n) is 2.15. The van der Waals surface area contributed by atoms with E-state index in [2.05, 4.69) is 4.98 Å². The average molecular weight is 260 g/mol. The van der Waals surface area contributed by atoms with Gasteiger partial charge >= 0.3 is 5.97 Å². The van der Waals surface area contributed by atoms with Crippen molar-refractivity contribution >= 4 is 11.7 Å². The zero-order chi connectivity index (χ0) is 13.7. The van der Waals surface area contributed by atoms with Gasteiger partial charge in [-0.05, 0) is 13.0 Å². The van der Waals surface area contributed by atoms with Crippen LogP contribution in [0.2, 0.25) is 0 Å². The first kappa shape index (κ1) is 14.1. The van der Waals surface area contributed by atoms with Crippen LogP contribution in [0.25, 0.3) is 0 Å². The summed E-state index contributed by atoms with van der Waals surface area (Å²) in [5, 5.41) is 0. The van der Waals surface area contributed by atoms with Crippen molar-refractivity contribution in [1.29, 1.82) is 0 Å². The molecule has 0 aliphatic heterocycles. The van der Waals surface area contributed by atoms with Gasteiger partial charge in [-0.15, -0.1) is 0 Å². The van der Waals surface area contributed by atoms with E-state index in [1.807, 2.05) is 0 Å². The molecule has 0 bridgehead atoms. The minimum atomic E-state index is -2.79. The zero-order valence-electron chi connectivity index (χ0n) is 10.1. The molecule has 1 heterocycles. The molecule has 0 saturated heterocycles. The topological polar surface area (TPSA) is 74.4 Å². The van der Waals surface area contributed by atoms with Crippen molar-refractivity contribution in [2.75, 3.05) is 19.5 Å². The Labute approximate surface area is 103 Å². The standard InChI is InChI=1S/C11H14F2N2O3/c1-3-18-8(16)5-6-4-7(14)9(10(12)13)11(15-6)17-2/h4,10H,3,5H2,1-2H3,(H2,14,15). The molecule has 0 amide bonds. The number of aromatic nitrogens is 1. The van der Waals surface area contributed by atoms with E-state index in [0.29, 0.717) is 0 Å². The number of alkyl halides is 2. The first-order chi connectivity index (χ1) is 8.49. The Morgan fingerprint density at radius 2 is 2.22 bits per heavy atom. The lowest BCUT2D eigenvalue weighted by molar-refractivity contribution is -0.142. The van der Waals surface area contributed by atoms with Gasteiger partial charge in [0.05, 0.1) is 25.8 Å². The summed E-state index contributed by atoms with van der Waals surface area (Å²) >= 11 is 0. The van der Waals surface area contributed by atoms with Gasteiger partial charge in [-0.25, -0.2) is 13.8 Å². The fraction of sp³-hybridized carbons (Fsp3) is 0.455. The molecule has 7 heteroatoms. The normalized spacial score (nSPS) is 10.5. The monoisotopic (exact) mass is 260 g/mol. The number of hydrogen-bond acceptors (Lipinski definition) is 5. The van der Waals surface area contributed by atoms with Crippen molar-refractivity contribution in [2.24, 2.45) is 0 Å². The summed E-state index contributed by atoms with van der Waals surface area (Å²) in [6, 6.07) is 1.22. The molecule has 1 rings (SSSR count). The van der Waals surface area contributed by atoms with Crippen LogP contribution in [0.1, 0.15) is 24.6 Å². The highest BCUT2D eigenvalue weighted by Crippen LogP contribution is 2.32. The van der Waals surface area contributed by atoms with Gasteiger partial charge in [0.1, 0.15) is 5.56 Å². The number of nitrogen functional groups attached to an aromatic ring is 1. The molecular formula is C11H14F2N2O3. The van der Waals surface area contributed by atoms with E-state index < -0.39 is 18.0 Å². The number of esters is 1. The van der Waals surface area contributed by atoms with Crippen LogP contribution in [-0.2, 0) is 16.0 Å². The molecule has 0 aliphatic carbocycles. The summed E-state index contributed by atoms with van der Waals surface area (Å²) in [5.74, 6) is -0.777. The van der Waals surface area contributed by atoms with E-state index in [1.165, 1.54) is 13.2 Å². The number of rotatable bonds is 5. The average Bonchev–Trinajstić information content (AvgIpc) is 2.27. The van der Waals surface area contributed by atoms with E-state index in [-0.39, 0.29) is 30.3 Å². The van der Waals surface area contributed by atoms with Gasteiger partial charge in [-0.1, -0.05) is 0 Å². The summed E-state index contributed by atoms with van der Waals surface area (Å²) in [4.78, 5) is 15.1. The van der Waals surface area contributed by atoms with Crippen LogP contribution >= 0.6 is 0 Å². The molecule has 5 nitrogen and oxygen atoms in total. The fourth-order valence-electron chi connectivity index (χ4n) is 1.43. The van der Waals surface area contributed by atoms with Crippen molar-refractivity contribution in [1.82, 2.24) is 4.98 Å². The molecule has 100 valence electrons. The SMILES string of the molecule is CCOC(=O)Cc1cc(N)c(C(F)F)c(OC)n1. The highest BCUT2D eigenvalue weighted by atomic mass is 19.3. The van der Waals surface area contributed by atoms with Crippen LogP contribution in [0.3, 0.4) is 0 Å². The van der Waals surface area contributed by atoms with Crippen molar-refractivity contribution in [2.45, 2.75) is 19.8 Å². The molecular weight excluding hydrogens is 246 g/mol. The Bertz CT molecular complexity index is 439. The quantitative estimate of drug-likeness (QED) is 0.816. The minimum absolute atomic E-state index is 0.141. The van der Waals surface area contributed by atoms with Crippen molar-refractivity contribution < 1.29 is 23.0 Å². The summed E-state index contributed by atoms with van der Waals surface area (Å²) < 4.78 is 34.9. The van der Waals surface area contributed by atoms with Crippen molar-refractivity contribution in [3.8, 4) is 5.88 Å². The Morgan fingerprint density at radius 1 is 1.56 bits per heavy atom. The number of halogens is 2. The largest absolute Gasteiger partial charge is 0.481 e. The first-order valence-electron chi connectivity index (χ1n) is 5.26. The number of anilines is 1. The molecule has 0 aromatic carbocycles. The molecule has 1 aromatic heterocycles. The minimum Gasteiger partial charge on any atom is -0.481 e. The summed E-state index contributed by atoms with van der Waals surface area (Å²) in [5.41, 5.74) is 5.10. The Morgan fingerprint density at radius 3 is 2.72 bits per heavy atom. The number of nitrogens with two attached hydrogens (primary N) is 1. The van der Waals surface area contributed by atoms with Crippen LogP contribution in [0.4, 0.5) is 14.5 Å². The lowest BCUT2D eigenvalue weighted by Crippen LogP contribution is -2.11. The zero-order valence-corrected chi connectivity index (χ0v) is 10.1. The Kier molecular flexibility index (Phi) is 4.82. The smallest absolute Gasteiger partial charge is 0.311 e. The van der Waals surface area contributed by atoms with Crippen LogP contribution in [0.15, 0.2) is 6.07 Å². The Balaban J connectivity index is 3.03. The molecule has 0 aliphatic rings. The number of carbonyl (C=O) groups excluding carboxylic acids is 1. The van der Waals surface area contributed by atoms with Gasteiger partial charge in [0.15, 0.2) is 0 Å². The number of ether oxygens (including phenoxy) is 2. The maximum Gasteiger partial charge on any atom is 0.311 e. The lowest BCUT2D eigenvalue weighted by atomic mass is 10.1. The number of nitrogens with zero attached hydrogens (tertiary/aromatic N) is 1. The number of methoxy groups -OCH3 is 1. The van der Waals surface area contributed by atoms with E-state index in [4.69, 9.17) is 15.2 Å². The van der Waals surface area contributed by atoms with Gasteiger partial charge in [0.2, 0.25) is 5.88 Å². The second-order valence-corrected chi connectivity index (χ2v) is 3.41. The molecule has 0 unspecified atom stereocenters. The maximum absolute atomic E-state index is 12.7. The van der Waals surface area contributed by atoms with Gasteiger partial charge in [0, 0.05) is 5.69 Å². The van der Waals surface area contributed by atoms with Gasteiger partial charge < -0.3 is 15.2 Å². The summed E-state index contributed by atoms with van der Waals surface area (Å²) in [7, 11) is 1.21. The van der Waals surface area contributed by atoms with Crippen LogP contribution in [0.5, 0.6) is 5.88 Å². The molecule has 0 saturated carbocycles. The molecule has 2 N–H and O–H groups in total. The lowest BCUT2D eigenvalue weighted by Gasteiger charge is -2.11. The predicted molar refractivity (Wildman–Crippen MR) is 60.5 cm³/mol.